The molecule has 0 atom stereocenters. The number of pyridine rings is 1. The molecule has 0 bridgehead atoms. The normalized spacial score (nSPS) is 14.4. The fourth-order valence-electron chi connectivity index (χ4n) is 2.82. The summed E-state index contributed by atoms with van der Waals surface area (Å²) in [5.74, 6) is 0.641. The molecule has 3 aromatic rings. The van der Waals surface area contributed by atoms with Crippen molar-refractivity contribution in [3.8, 4) is 11.4 Å². The van der Waals surface area contributed by atoms with E-state index in [1.807, 2.05) is 12.1 Å². The minimum absolute atomic E-state index is 0.243. The van der Waals surface area contributed by atoms with Gasteiger partial charge < -0.3 is 0 Å². The first kappa shape index (κ1) is 11.3. The first-order valence-corrected chi connectivity index (χ1v) is 6.74. The zero-order chi connectivity index (χ0) is 13.5. The van der Waals surface area contributed by atoms with Gasteiger partial charge >= 0.3 is 5.69 Å². The molecule has 0 amide bonds. The lowest BCUT2D eigenvalue weighted by atomic mass is 9.96. The summed E-state index contributed by atoms with van der Waals surface area (Å²) in [4.78, 5) is 20.8. The molecule has 4 rings (SSSR count). The van der Waals surface area contributed by atoms with Gasteiger partial charge in [-0.1, -0.05) is 0 Å². The van der Waals surface area contributed by atoms with Gasteiger partial charge in [-0.3, -0.25) is 4.98 Å². The lowest BCUT2D eigenvalue weighted by Gasteiger charge is -2.16. The Balaban J connectivity index is 2.11. The number of nitrogens with one attached hydrogen (secondary N) is 1. The Hall–Kier alpha value is -2.50. The van der Waals surface area contributed by atoms with Crippen LogP contribution in [0.15, 0.2) is 29.3 Å². The van der Waals surface area contributed by atoms with Crippen LogP contribution in [0, 0.1) is 0 Å². The first-order chi connectivity index (χ1) is 9.84. The lowest BCUT2D eigenvalue weighted by Crippen LogP contribution is -2.17. The van der Waals surface area contributed by atoms with Crippen molar-refractivity contribution in [2.45, 2.75) is 25.7 Å². The number of rotatable bonds is 1. The fourth-order valence-corrected chi connectivity index (χ4v) is 2.82. The Kier molecular flexibility index (Phi) is 2.42. The predicted molar refractivity (Wildman–Crippen MR) is 73.5 cm³/mol. The zero-order valence-electron chi connectivity index (χ0n) is 10.8. The van der Waals surface area contributed by atoms with Crippen LogP contribution in [0.3, 0.4) is 0 Å². The lowest BCUT2D eigenvalue weighted by molar-refractivity contribution is 0.665. The highest BCUT2D eigenvalue weighted by Crippen LogP contribution is 2.26. The van der Waals surface area contributed by atoms with Crippen LogP contribution in [-0.2, 0) is 12.8 Å². The minimum atomic E-state index is -0.243. The third-order valence-corrected chi connectivity index (χ3v) is 3.77. The molecular formula is C14H13N5O. The minimum Gasteiger partial charge on any atom is -0.265 e. The third kappa shape index (κ3) is 1.57. The van der Waals surface area contributed by atoms with Crippen LogP contribution in [0.1, 0.15) is 24.1 Å². The molecule has 3 aromatic heterocycles. The summed E-state index contributed by atoms with van der Waals surface area (Å²) in [6.45, 7) is 0. The van der Waals surface area contributed by atoms with Gasteiger partial charge in [-0.15, -0.1) is 0 Å². The van der Waals surface area contributed by atoms with E-state index in [0.717, 1.165) is 42.5 Å². The maximum absolute atomic E-state index is 12.0. The van der Waals surface area contributed by atoms with Crippen molar-refractivity contribution in [1.82, 2.24) is 24.6 Å². The number of nitrogens with zero attached hydrogens (tertiary/aromatic N) is 4. The number of aromatic amines is 1. The summed E-state index contributed by atoms with van der Waals surface area (Å²) in [5.41, 5.74) is 3.52. The quantitative estimate of drug-likeness (QED) is 0.722. The van der Waals surface area contributed by atoms with Crippen molar-refractivity contribution in [1.29, 1.82) is 0 Å². The molecule has 0 spiro atoms. The van der Waals surface area contributed by atoms with Crippen LogP contribution in [0.25, 0.3) is 17.0 Å². The topological polar surface area (TPSA) is 75.9 Å². The van der Waals surface area contributed by atoms with E-state index in [-0.39, 0.29) is 5.69 Å². The molecule has 1 aliphatic carbocycles. The zero-order valence-corrected chi connectivity index (χ0v) is 10.8. The maximum Gasteiger partial charge on any atom is 0.349 e. The van der Waals surface area contributed by atoms with Crippen molar-refractivity contribution in [2.75, 3.05) is 0 Å². The summed E-state index contributed by atoms with van der Waals surface area (Å²) >= 11 is 0. The summed E-state index contributed by atoms with van der Waals surface area (Å²) in [5, 5.41) is 6.73. The van der Waals surface area contributed by atoms with Gasteiger partial charge in [-0.2, -0.15) is 5.10 Å². The summed E-state index contributed by atoms with van der Waals surface area (Å²) in [7, 11) is 0. The molecule has 0 saturated heterocycles. The molecule has 0 saturated carbocycles. The molecule has 1 N–H and O–H groups in total. The first-order valence-electron chi connectivity index (χ1n) is 6.74. The van der Waals surface area contributed by atoms with Gasteiger partial charge in [0.05, 0.1) is 0 Å². The molecule has 3 heterocycles. The molecule has 6 heteroatoms. The highest BCUT2D eigenvalue weighted by molar-refractivity contribution is 5.62. The molecule has 100 valence electrons. The number of fused-ring (bicyclic) bond motifs is 3. The predicted octanol–water partition coefficient (Wildman–Crippen LogP) is 1.36. The molecule has 6 nitrogen and oxygen atoms in total. The fraction of sp³-hybridized carbons (Fsp3) is 0.286. The van der Waals surface area contributed by atoms with Gasteiger partial charge in [0.25, 0.3) is 0 Å². The summed E-state index contributed by atoms with van der Waals surface area (Å²) in [6, 6.07) is 3.72. The van der Waals surface area contributed by atoms with Crippen LogP contribution in [0.4, 0.5) is 0 Å². The van der Waals surface area contributed by atoms with E-state index in [1.165, 1.54) is 0 Å². The van der Waals surface area contributed by atoms with Gasteiger partial charge in [0.2, 0.25) is 0 Å². The van der Waals surface area contributed by atoms with E-state index in [2.05, 4.69) is 15.2 Å². The van der Waals surface area contributed by atoms with Gasteiger partial charge in [0.1, 0.15) is 5.82 Å². The largest absolute Gasteiger partial charge is 0.349 e. The number of aromatic nitrogens is 5. The van der Waals surface area contributed by atoms with E-state index in [0.29, 0.717) is 11.5 Å². The molecule has 0 aromatic carbocycles. The Labute approximate surface area is 114 Å². The monoisotopic (exact) mass is 267 g/mol. The van der Waals surface area contributed by atoms with Gasteiger partial charge in [-0.05, 0) is 37.8 Å². The van der Waals surface area contributed by atoms with Crippen LogP contribution in [0.5, 0.6) is 0 Å². The SMILES string of the molecule is O=c1[nH]nc2c3c(nc(-c4ccncc4)n12)CCCC3. The second-order valence-electron chi connectivity index (χ2n) is 4.99. The maximum atomic E-state index is 12.0. The van der Waals surface area contributed by atoms with Crippen molar-refractivity contribution in [2.24, 2.45) is 0 Å². The van der Waals surface area contributed by atoms with Crippen molar-refractivity contribution < 1.29 is 0 Å². The highest BCUT2D eigenvalue weighted by Gasteiger charge is 2.20. The second kappa shape index (κ2) is 4.26. The molecule has 0 fully saturated rings. The van der Waals surface area contributed by atoms with E-state index in [9.17, 15) is 4.79 Å². The van der Waals surface area contributed by atoms with Crippen molar-refractivity contribution in [3.05, 3.63) is 46.3 Å². The van der Waals surface area contributed by atoms with Crippen LogP contribution < -0.4 is 5.69 Å². The number of H-pyrrole nitrogens is 1. The van der Waals surface area contributed by atoms with Crippen molar-refractivity contribution >= 4 is 5.65 Å². The van der Waals surface area contributed by atoms with Gasteiger partial charge in [0.15, 0.2) is 5.65 Å². The van der Waals surface area contributed by atoms with Crippen molar-refractivity contribution in [3.63, 3.8) is 0 Å². The average molecular weight is 267 g/mol. The Morgan fingerprint density at radius 1 is 1.15 bits per heavy atom. The van der Waals surface area contributed by atoms with E-state index in [4.69, 9.17) is 4.98 Å². The summed E-state index contributed by atoms with van der Waals surface area (Å²) in [6.07, 6.45) is 7.55. The molecule has 1 aliphatic rings. The molecule has 20 heavy (non-hydrogen) atoms. The van der Waals surface area contributed by atoms with E-state index in [1.54, 1.807) is 16.8 Å². The number of hydrogen-bond acceptors (Lipinski definition) is 4. The smallest absolute Gasteiger partial charge is 0.265 e. The van der Waals surface area contributed by atoms with Crippen LogP contribution in [0.2, 0.25) is 0 Å². The van der Waals surface area contributed by atoms with E-state index < -0.39 is 0 Å². The molecule has 0 aliphatic heterocycles. The van der Waals surface area contributed by atoms with Gasteiger partial charge in [0, 0.05) is 29.2 Å². The van der Waals surface area contributed by atoms with Crippen LogP contribution in [-0.4, -0.2) is 24.6 Å². The average Bonchev–Trinajstić information content (AvgIpc) is 2.90. The Morgan fingerprint density at radius 2 is 1.95 bits per heavy atom. The second-order valence-corrected chi connectivity index (χ2v) is 4.99. The number of aryl methyl sites for hydroxylation is 2. The van der Waals surface area contributed by atoms with E-state index >= 15 is 0 Å². The standard InChI is InChI=1S/C14H13N5O/c20-14-18-17-13-10-3-1-2-4-11(10)16-12(19(13)14)9-5-7-15-8-6-9/h5-8H,1-4H2,(H,18,20). The highest BCUT2D eigenvalue weighted by atomic mass is 16.1. The molecular weight excluding hydrogens is 254 g/mol. The Bertz CT molecular complexity index is 834. The number of hydrogen-bond donors (Lipinski definition) is 1. The van der Waals surface area contributed by atoms with Gasteiger partial charge in [-0.25, -0.2) is 19.3 Å². The van der Waals surface area contributed by atoms with Crippen LogP contribution >= 0.6 is 0 Å². The summed E-state index contributed by atoms with van der Waals surface area (Å²) < 4.78 is 1.57. The molecule has 0 unspecified atom stereocenters. The molecule has 0 radical (unpaired) electrons. The Morgan fingerprint density at radius 3 is 2.80 bits per heavy atom. The third-order valence-electron chi connectivity index (χ3n) is 3.77.